The fraction of sp³-hybridized carbons (Fsp3) is 0.562. The first kappa shape index (κ1) is 17.8. The highest BCUT2D eigenvalue weighted by atomic mass is 35.5. The van der Waals surface area contributed by atoms with Crippen molar-refractivity contribution in [3.63, 3.8) is 0 Å². The quantitative estimate of drug-likeness (QED) is 0.737. The van der Waals surface area contributed by atoms with Gasteiger partial charge in [-0.25, -0.2) is 0 Å². The monoisotopic (exact) mass is 312 g/mol. The van der Waals surface area contributed by atoms with E-state index in [1.54, 1.807) is 0 Å². The van der Waals surface area contributed by atoms with Gasteiger partial charge in [-0.05, 0) is 31.5 Å². The van der Waals surface area contributed by atoms with Gasteiger partial charge in [0.2, 0.25) is 5.91 Å². The van der Waals surface area contributed by atoms with Crippen LogP contribution in [0.25, 0.3) is 0 Å². The summed E-state index contributed by atoms with van der Waals surface area (Å²) >= 11 is 6.24. The van der Waals surface area contributed by atoms with Crippen LogP contribution in [0.5, 0.6) is 5.75 Å². The Kier molecular flexibility index (Phi) is 8.16. The van der Waals surface area contributed by atoms with Crippen LogP contribution >= 0.6 is 11.6 Å². The largest absolute Gasteiger partial charge is 0.493 e. The number of carbonyl (C=O) groups is 1. The smallest absolute Gasteiger partial charge is 0.223 e. The third-order valence-electron chi connectivity index (χ3n) is 2.89. The topological polar surface area (TPSA) is 50.4 Å². The first-order chi connectivity index (χ1) is 10.0. The molecule has 0 spiro atoms. The molecule has 0 saturated carbocycles. The van der Waals surface area contributed by atoms with E-state index in [2.05, 4.69) is 24.5 Å². The molecule has 0 aromatic heterocycles. The lowest BCUT2D eigenvalue weighted by atomic mass is 10.1. The minimum Gasteiger partial charge on any atom is -0.493 e. The predicted molar refractivity (Wildman–Crippen MR) is 86.8 cm³/mol. The highest BCUT2D eigenvalue weighted by Crippen LogP contribution is 2.26. The van der Waals surface area contributed by atoms with Gasteiger partial charge >= 0.3 is 0 Å². The van der Waals surface area contributed by atoms with Gasteiger partial charge < -0.3 is 15.4 Å². The molecule has 0 saturated heterocycles. The molecule has 21 heavy (non-hydrogen) atoms. The zero-order chi connectivity index (χ0) is 15.7. The Morgan fingerprint density at radius 3 is 2.81 bits per heavy atom. The summed E-state index contributed by atoms with van der Waals surface area (Å²) in [6, 6.07) is 5.59. The summed E-state index contributed by atoms with van der Waals surface area (Å²) in [5.74, 6) is 1.32. The van der Waals surface area contributed by atoms with E-state index in [9.17, 15) is 4.79 Å². The Hall–Kier alpha value is -1.26. The number of amides is 1. The van der Waals surface area contributed by atoms with Gasteiger partial charge in [0, 0.05) is 23.7 Å². The molecule has 0 bridgehead atoms. The van der Waals surface area contributed by atoms with Crippen LogP contribution in [-0.4, -0.2) is 25.6 Å². The molecule has 5 heteroatoms. The molecule has 0 unspecified atom stereocenters. The van der Waals surface area contributed by atoms with Gasteiger partial charge in [-0.1, -0.05) is 31.5 Å². The SMILES string of the molecule is CCNC(=O)CCOc1cccc(Cl)c1CNCC(C)C. The first-order valence-corrected chi connectivity index (χ1v) is 7.80. The molecule has 0 heterocycles. The number of hydrogen-bond donors (Lipinski definition) is 2. The third-order valence-corrected chi connectivity index (χ3v) is 3.24. The molecule has 0 radical (unpaired) electrons. The molecule has 4 nitrogen and oxygen atoms in total. The van der Waals surface area contributed by atoms with Crippen molar-refractivity contribution in [2.75, 3.05) is 19.7 Å². The summed E-state index contributed by atoms with van der Waals surface area (Å²) in [6.07, 6.45) is 0.346. The van der Waals surface area contributed by atoms with E-state index in [0.29, 0.717) is 37.1 Å². The lowest BCUT2D eigenvalue weighted by Gasteiger charge is -2.14. The van der Waals surface area contributed by atoms with Crippen molar-refractivity contribution in [2.24, 2.45) is 5.92 Å². The Bertz CT molecular complexity index is 450. The van der Waals surface area contributed by atoms with Crippen LogP contribution in [0.3, 0.4) is 0 Å². The number of carbonyl (C=O) groups excluding carboxylic acids is 1. The van der Waals surface area contributed by atoms with Crippen LogP contribution in [0.4, 0.5) is 0 Å². The Labute approximate surface area is 132 Å². The predicted octanol–water partition coefficient (Wildman–Crippen LogP) is 2.99. The molecule has 1 amide bonds. The van der Waals surface area contributed by atoms with Crippen molar-refractivity contribution in [3.8, 4) is 5.75 Å². The highest BCUT2D eigenvalue weighted by molar-refractivity contribution is 6.31. The molecule has 0 aliphatic heterocycles. The van der Waals surface area contributed by atoms with Gasteiger partial charge in [0.15, 0.2) is 0 Å². The van der Waals surface area contributed by atoms with Crippen LogP contribution in [0, 0.1) is 5.92 Å². The molecule has 1 aromatic carbocycles. The number of halogens is 1. The van der Waals surface area contributed by atoms with Gasteiger partial charge in [0.05, 0.1) is 13.0 Å². The average Bonchev–Trinajstić information content (AvgIpc) is 2.41. The van der Waals surface area contributed by atoms with Gasteiger partial charge in [-0.15, -0.1) is 0 Å². The van der Waals surface area contributed by atoms with Gasteiger partial charge in [0.1, 0.15) is 5.75 Å². The average molecular weight is 313 g/mol. The summed E-state index contributed by atoms with van der Waals surface area (Å²) in [7, 11) is 0. The maximum Gasteiger partial charge on any atom is 0.223 e. The second-order valence-electron chi connectivity index (χ2n) is 5.29. The second-order valence-corrected chi connectivity index (χ2v) is 5.70. The van der Waals surface area contributed by atoms with Gasteiger partial charge in [0.25, 0.3) is 0 Å². The van der Waals surface area contributed by atoms with Gasteiger partial charge in [-0.3, -0.25) is 4.79 Å². The van der Waals surface area contributed by atoms with E-state index < -0.39 is 0 Å². The summed E-state index contributed by atoms with van der Waals surface area (Å²) in [5, 5.41) is 6.79. The molecule has 1 aromatic rings. The summed E-state index contributed by atoms with van der Waals surface area (Å²) in [5.41, 5.74) is 0.940. The normalized spacial score (nSPS) is 10.7. The van der Waals surface area contributed by atoms with Crippen molar-refractivity contribution >= 4 is 17.5 Å². The Balaban J connectivity index is 2.56. The molecule has 0 aliphatic carbocycles. The molecule has 1 rings (SSSR count). The zero-order valence-electron chi connectivity index (χ0n) is 13.0. The van der Waals surface area contributed by atoms with E-state index in [4.69, 9.17) is 16.3 Å². The van der Waals surface area contributed by atoms with E-state index in [0.717, 1.165) is 17.9 Å². The highest BCUT2D eigenvalue weighted by Gasteiger charge is 2.09. The molecular formula is C16H25ClN2O2. The van der Waals surface area contributed by atoms with Crippen LogP contribution in [0.2, 0.25) is 5.02 Å². The van der Waals surface area contributed by atoms with Crippen molar-refractivity contribution in [2.45, 2.75) is 33.7 Å². The lowest BCUT2D eigenvalue weighted by Crippen LogP contribution is -2.24. The van der Waals surface area contributed by atoms with Crippen LogP contribution < -0.4 is 15.4 Å². The van der Waals surface area contributed by atoms with Crippen LogP contribution in [-0.2, 0) is 11.3 Å². The lowest BCUT2D eigenvalue weighted by molar-refractivity contribution is -0.121. The minimum absolute atomic E-state index is 0.000916. The molecule has 0 fully saturated rings. The number of benzene rings is 1. The minimum atomic E-state index is -0.000916. The molecular weight excluding hydrogens is 288 g/mol. The summed E-state index contributed by atoms with van der Waals surface area (Å²) in [4.78, 5) is 11.4. The molecule has 118 valence electrons. The molecule has 0 atom stereocenters. The van der Waals surface area contributed by atoms with E-state index in [1.807, 2.05) is 25.1 Å². The van der Waals surface area contributed by atoms with Crippen molar-refractivity contribution in [1.82, 2.24) is 10.6 Å². The van der Waals surface area contributed by atoms with E-state index >= 15 is 0 Å². The van der Waals surface area contributed by atoms with Crippen LogP contribution in [0.1, 0.15) is 32.8 Å². The van der Waals surface area contributed by atoms with E-state index in [1.165, 1.54) is 0 Å². The molecule has 0 aliphatic rings. The fourth-order valence-electron chi connectivity index (χ4n) is 1.87. The Morgan fingerprint density at radius 1 is 1.38 bits per heavy atom. The van der Waals surface area contributed by atoms with Crippen molar-refractivity contribution in [3.05, 3.63) is 28.8 Å². The number of rotatable bonds is 9. The number of nitrogens with one attached hydrogen (secondary N) is 2. The fourth-order valence-corrected chi connectivity index (χ4v) is 2.10. The Morgan fingerprint density at radius 2 is 2.14 bits per heavy atom. The summed E-state index contributed by atoms with van der Waals surface area (Å²) in [6.45, 7) is 8.78. The number of ether oxygens (including phenoxy) is 1. The van der Waals surface area contributed by atoms with Crippen LogP contribution in [0.15, 0.2) is 18.2 Å². The van der Waals surface area contributed by atoms with Crippen molar-refractivity contribution in [1.29, 1.82) is 0 Å². The first-order valence-electron chi connectivity index (χ1n) is 7.42. The molecule has 2 N–H and O–H groups in total. The maximum atomic E-state index is 11.4. The zero-order valence-corrected chi connectivity index (χ0v) is 13.8. The van der Waals surface area contributed by atoms with Crippen molar-refractivity contribution < 1.29 is 9.53 Å². The third kappa shape index (κ3) is 6.82. The summed E-state index contributed by atoms with van der Waals surface area (Å²) < 4.78 is 5.71. The number of hydrogen-bond acceptors (Lipinski definition) is 3. The second kappa shape index (κ2) is 9.64. The van der Waals surface area contributed by atoms with E-state index in [-0.39, 0.29) is 5.91 Å². The maximum absolute atomic E-state index is 11.4. The standard InChI is InChI=1S/C16H25ClN2O2/c1-4-19-16(20)8-9-21-15-7-5-6-14(17)13(15)11-18-10-12(2)3/h5-7,12,18H,4,8-11H2,1-3H3,(H,19,20). The van der Waals surface area contributed by atoms with Gasteiger partial charge in [-0.2, -0.15) is 0 Å².